The van der Waals surface area contributed by atoms with Crippen molar-refractivity contribution >= 4 is 34.5 Å². The molecular weight excluding hydrogens is 425 g/mol. The molecule has 0 radical (unpaired) electrons. The summed E-state index contributed by atoms with van der Waals surface area (Å²) in [4.78, 5) is 5.64. The monoisotopic (exact) mass is 447 g/mol. The fourth-order valence-electron chi connectivity index (χ4n) is 3.28. The van der Waals surface area contributed by atoms with Crippen molar-refractivity contribution in [2.75, 3.05) is 6.61 Å². The summed E-state index contributed by atoms with van der Waals surface area (Å²) in [6.45, 7) is 1.61. The SMILES string of the molecule is CCCc1cnc(Cc2cc([C@@H]3O[C@H](CO)[C@@H](O)[C@H](O)[C@H]3O)c(Cl)cc2Cl)s1. The normalized spacial score (nSPS) is 27.9. The summed E-state index contributed by atoms with van der Waals surface area (Å²) in [5.41, 5.74) is 1.19. The van der Waals surface area contributed by atoms with Crippen LogP contribution >= 0.6 is 34.5 Å². The molecule has 1 saturated heterocycles. The largest absolute Gasteiger partial charge is 0.394 e. The predicted octanol–water partition coefficient (Wildman–Crippen LogP) is 2.51. The van der Waals surface area contributed by atoms with E-state index in [0.29, 0.717) is 17.0 Å². The minimum atomic E-state index is -1.47. The molecule has 0 spiro atoms. The van der Waals surface area contributed by atoms with Gasteiger partial charge in [0.15, 0.2) is 0 Å². The van der Waals surface area contributed by atoms with Gasteiger partial charge in [-0.15, -0.1) is 11.3 Å². The molecule has 5 atom stereocenters. The lowest BCUT2D eigenvalue weighted by Gasteiger charge is -2.40. The van der Waals surface area contributed by atoms with Crippen molar-refractivity contribution in [3.63, 3.8) is 0 Å². The van der Waals surface area contributed by atoms with E-state index in [1.54, 1.807) is 23.5 Å². The molecule has 154 valence electrons. The van der Waals surface area contributed by atoms with Crippen LogP contribution in [0.5, 0.6) is 0 Å². The standard InChI is InChI=1S/C19H23Cl2NO5S/c1-2-3-10-7-22-15(28-10)5-9-4-11(13(21)6-12(9)20)19-18(26)17(25)16(24)14(8-23)27-19/h4,6-7,14,16-19,23-26H,2-3,5,8H2,1H3/t14-,16-,17+,18-,19+/m1/s1. The van der Waals surface area contributed by atoms with Crippen LogP contribution < -0.4 is 0 Å². The van der Waals surface area contributed by atoms with E-state index < -0.39 is 37.1 Å². The van der Waals surface area contributed by atoms with E-state index in [0.717, 1.165) is 23.4 Å². The fraction of sp³-hybridized carbons (Fsp3) is 0.526. The molecule has 0 amide bonds. The second kappa shape index (κ2) is 9.36. The fourth-order valence-corrected chi connectivity index (χ4v) is 4.88. The molecule has 1 aromatic heterocycles. The highest BCUT2D eigenvalue weighted by molar-refractivity contribution is 7.11. The molecule has 1 aliphatic heterocycles. The molecule has 6 nitrogen and oxygen atoms in total. The van der Waals surface area contributed by atoms with Crippen LogP contribution in [0.2, 0.25) is 10.0 Å². The first-order valence-corrected chi connectivity index (χ1v) is 10.6. The number of halogens is 2. The highest BCUT2D eigenvalue weighted by atomic mass is 35.5. The van der Waals surface area contributed by atoms with Gasteiger partial charge in [0.05, 0.1) is 11.6 Å². The second-order valence-corrected chi connectivity index (χ2v) is 8.88. The lowest BCUT2D eigenvalue weighted by atomic mass is 9.90. The molecule has 9 heteroatoms. The molecule has 0 unspecified atom stereocenters. The maximum absolute atomic E-state index is 10.4. The Kier molecular flexibility index (Phi) is 7.33. The summed E-state index contributed by atoms with van der Waals surface area (Å²) in [6, 6.07) is 3.29. The number of thiazole rings is 1. The number of aryl methyl sites for hydroxylation is 1. The zero-order valence-corrected chi connectivity index (χ0v) is 17.6. The van der Waals surface area contributed by atoms with Crippen molar-refractivity contribution in [3.8, 4) is 0 Å². The first-order valence-electron chi connectivity index (χ1n) is 9.07. The number of aliphatic hydroxyl groups excluding tert-OH is 4. The van der Waals surface area contributed by atoms with Crippen LogP contribution in [-0.4, -0.2) is 56.4 Å². The van der Waals surface area contributed by atoms with Crippen molar-refractivity contribution in [1.29, 1.82) is 0 Å². The Morgan fingerprint density at radius 2 is 1.86 bits per heavy atom. The summed E-state index contributed by atoms with van der Waals surface area (Å²) < 4.78 is 5.63. The van der Waals surface area contributed by atoms with Gasteiger partial charge >= 0.3 is 0 Å². The summed E-state index contributed by atoms with van der Waals surface area (Å²) in [7, 11) is 0. The van der Waals surface area contributed by atoms with Gasteiger partial charge < -0.3 is 25.2 Å². The molecule has 2 heterocycles. The van der Waals surface area contributed by atoms with Gasteiger partial charge in [-0.2, -0.15) is 0 Å². The van der Waals surface area contributed by atoms with Gasteiger partial charge in [-0.05, 0) is 24.1 Å². The summed E-state index contributed by atoms with van der Waals surface area (Å²) in [6.07, 6.45) is -1.93. The van der Waals surface area contributed by atoms with E-state index in [1.807, 2.05) is 6.20 Å². The van der Waals surface area contributed by atoms with E-state index in [4.69, 9.17) is 27.9 Å². The molecule has 1 fully saturated rings. The number of nitrogens with zero attached hydrogens (tertiary/aromatic N) is 1. The van der Waals surface area contributed by atoms with E-state index in [1.165, 1.54) is 4.88 Å². The Hall–Kier alpha value is -0.770. The molecule has 0 bridgehead atoms. The quantitative estimate of drug-likeness (QED) is 0.542. The molecular formula is C19H23Cl2NO5S. The molecule has 4 N–H and O–H groups in total. The Morgan fingerprint density at radius 1 is 1.11 bits per heavy atom. The van der Waals surface area contributed by atoms with E-state index >= 15 is 0 Å². The average Bonchev–Trinajstić information content (AvgIpc) is 3.10. The van der Waals surface area contributed by atoms with Gasteiger partial charge in [0, 0.05) is 33.1 Å². The third-order valence-electron chi connectivity index (χ3n) is 4.80. The van der Waals surface area contributed by atoms with E-state index in [-0.39, 0.29) is 5.02 Å². The van der Waals surface area contributed by atoms with Gasteiger partial charge in [-0.25, -0.2) is 4.98 Å². The first kappa shape index (κ1) is 21.9. The van der Waals surface area contributed by atoms with Crippen molar-refractivity contribution in [3.05, 3.63) is 49.4 Å². The molecule has 0 aliphatic carbocycles. The third kappa shape index (κ3) is 4.52. The number of rotatable bonds is 6. The Morgan fingerprint density at radius 3 is 2.54 bits per heavy atom. The Bertz CT molecular complexity index is 816. The number of hydrogen-bond acceptors (Lipinski definition) is 7. The lowest BCUT2D eigenvalue weighted by Crippen LogP contribution is -2.55. The second-order valence-electron chi connectivity index (χ2n) is 6.86. The van der Waals surface area contributed by atoms with Gasteiger partial charge in [0.1, 0.15) is 30.5 Å². The van der Waals surface area contributed by atoms with Gasteiger partial charge in [-0.3, -0.25) is 0 Å². The summed E-state index contributed by atoms with van der Waals surface area (Å²) in [5.74, 6) is 0. The minimum absolute atomic E-state index is 0.267. The van der Waals surface area contributed by atoms with Crippen molar-refractivity contribution in [2.24, 2.45) is 0 Å². The van der Waals surface area contributed by atoms with Crippen LogP contribution in [0.25, 0.3) is 0 Å². The van der Waals surface area contributed by atoms with Crippen LogP contribution in [0.1, 0.15) is 40.5 Å². The van der Waals surface area contributed by atoms with Gasteiger partial charge in [-0.1, -0.05) is 36.5 Å². The topological polar surface area (TPSA) is 103 Å². The van der Waals surface area contributed by atoms with Crippen LogP contribution in [-0.2, 0) is 17.6 Å². The predicted molar refractivity (Wildman–Crippen MR) is 108 cm³/mol. The van der Waals surface area contributed by atoms with Crippen LogP contribution in [0.15, 0.2) is 18.3 Å². The van der Waals surface area contributed by atoms with Crippen LogP contribution in [0.3, 0.4) is 0 Å². The van der Waals surface area contributed by atoms with Gasteiger partial charge in [0.2, 0.25) is 0 Å². The molecule has 3 rings (SSSR count). The smallest absolute Gasteiger partial charge is 0.113 e. The zero-order valence-electron chi connectivity index (χ0n) is 15.3. The van der Waals surface area contributed by atoms with Crippen molar-refractivity contribution in [1.82, 2.24) is 4.98 Å². The van der Waals surface area contributed by atoms with Crippen LogP contribution in [0, 0.1) is 0 Å². The van der Waals surface area contributed by atoms with Crippen LogP contribution in [0.4, 0.5) is 0 Å². The summed E-state index contributed by atoms with van der Waals surface area (Å²) in [5, 5.41) is 41.5. The van der Waals surface area contributed by atoms with Gasteiger partial charge in [0.25, 0.3) is 0 Å². The highest BCUT2D eigenvalue weighted by Crippen LogP contribution is 2.38. The maximum Gasteiger partial charge on any atom is 0.113 e. The lowest BCUT2D eigenvalue weighted by molar-refractivity contribution is -0.231. The molecule has 0 saturated carbocycles. The number of benzene rings is 1. The zero-order chi connectivity index (χ0) is 20.4. The number of ether oxygens (including phenoxy) is 1. The maximum atomic E-state index is 10.4. The third-order valence-corrected chi connectivity index (χ3v) is 6.54. The van der Waals surface area contributed by atoms with E-state index in [9.17, 15) is 20.4 Å². The van der Waals surface area contributed by atoms with Crippen molar-refractivity contribution in [2.45, 2.75) is 56.7 Å². The summed E-state index contributed by atoms with van der Waals surface area (Å²) >= 11 is 14.3. The number of hydrogen-bond donors (Lipinski definition) is 4. The Labute approximate surface area is 177 Å². The molecule has 2 aromatic rings. The number of aliphatic hydroxyl groups is 4. The minimum Gasteiger partial charge on any atom is -0.394 e. The van der Waals surface area contributed by atoms with Crippen molar-refractivity contribution < 1.29 is 25.2 Å². The number of aromatic nitrogens is 1. The highest BCUT2D eigenvalue weighted by Gasteiger charge is 2.44. The molecule has 1 aliphatic rings. The molecule has 1 aromatic carbocycles. The molecule has 28 heavy (non-hydrogen) atoms. The first-order chi connectivity index (χ1) is 13.3. The Balaban J connectivity index is 1.90. The van der Waals surface area contributed by atoms with E-state index in [2.05, 4.69) is 11.9 Å². The average molecular weight is 448 g/mol.